The van der Waals surface area contributed by atoms with E-state index in [4.69, 9.17) is 23.7 Å². The number of rotatable bonds is 7. The van der Waals surface area contributed by atoms with Crippen LogP contribution >= 0.6 is 0 Å². The lowest BCUT2D eigenvalue weighted by Crippen LogP contribution is -2.46. The molecule has 5 heteroatoms. The van der Waals surface area contributed by atoms with Crippen molar-refractivity contribution in [1.29, 1.82) is 0 Å². The summed E-state index contributed by atoms with van der Waals surface area (Å²) in [4.78, 5) is 0. The molecule has 4 aliphatic heterocycles. The molecule has 4 heterocycles. The molecule has 0 aromatic rings. The summed E-state index contributed by atoms with van der Waals surface area (Å²) >= 11 is 0. The van der Waals surface area contributed by atoms with Crippen LogP contribution in [-0.2, 0) is 23.7 Å². The molecular weight excluding hydrogens is 284 g/mol. The number of ether oxygens (including phenoxy) is 5. The standard InChI is InChI=1S/C17H28O5/c1-16(7-19-8-16)6-18-5-12-3-13-4-14(15(12)22-13)21-11-17(2)9-20-10-17/h12-15H,3-11H2,1-2H3. The second kappa shape index (κ2) is 5.71. The van der Waals surface area contributed by atoms with E-state index < -0.39 is 0 Å². The van der Waals surface area contributed by atoms with Crippen molar-refractivity contribution in [1.82, 2.24) is 0 Å². The van der Waals surface area contributed by atoms with Gasteiger partial charge in [0.25, 0.3) is 0 Å². The van der Waals surface area contributed by atoms with Gasteiger partial charge in [-0.25, -0.2) is 0 Å². The van der Waals surface area contributed by atoms with Crippen molar-refractivity contribution < 1.29 is 23.7 Å². The lowest BCUT2D eigenvalue weighted by molar-refractivity contribution is -0.160. The Labute approximate surface area is 132 Å². The van der Waals surface area contributed by atoms with Crippen molar-refractivity contribution in [3.63, 3.8) is 0 Å². The predicted octanol–water partition coefficient (Wildman–Crippen LogP) is 1.64. The SMILES string of the molecule is CC1(COCC2CC3CC(OCC4(C)COC4)C2O3)COC1. The van der Waals surface area contributed by atoms with Crippen molar-refractivity contribution in [3.05, 3.63) is 0 Å². The topological polar surface area (TPSA) is 46.2 Å². The Morgan fingerprint density at radius 1 is 0.955 bits per heavy atom. The highest BCUT2D eigenvalue weighted by molar-refractivity contribution is 4.97. The first-order valence-corrected chi connectivity index (χ1v) is 8.56. The van der Waals surface area contributed by atoms with Gasteiger partial charge in [0.2, 0.25) is 0 Å². The maximum Gasteiger partial charge on any atom is 0.0892 e. The van der Waals surface area contributed by atoms with Gasteiger partial charge < -0.3 is 23.7 Å². The fourth-order valence-corrected chi connectivity index (χ4v) is 3.96. The van der Waals surface area contributed by atoms with E-state index in [1.54, 1.807) is 0 Å². The lowest BCUT2D eigenvalue weighted by atomic mass is 9.86. The molecule has 22 heavy (non-hydrogen) atoms. The molecule has 0 aromatic heterocycles. The molecule has 4 atom stereocenters. The third kappa shape index (κ3) is 2.94. The zero-order valence-corrected chi connectivity index (χ0v) is 13.7. The van der Waals surface area contributed by atoms with Crippen molar-refractivity contribution in [2.45, 2.75) is 45.0 Å². The molecule has 0 aliphatic carbocycles. The van der Waals surface area contributed by atoms with E-state index in [0.717, 1.165) is 59.1 Å². The molecule has 5 nitrogen and oxygen atoms in total. The second-order valence-electron chi connectivity index (χ2n) is 8.43. The van der Waals surface area contributed by atoms with E-state index in [9.17, 15) is 0 Å². The molecule has 0 aromatic carbocycles. The summed E-state index contributed by atoms with van der Waals surface area (Å²) in [6.45, 7) is 10.1. The Morgan fingerprint density at radius 3 is 2.23 bits per heavy atom. The van der Waals surface area contributed by atoms with E-state index >= 15 is 0 Å². The van der Waals surface area contributed by atoms with Gasteiger partial charge in [-0.1, -0.05) is 13.8 Å². The molecule has 0 N–H and O–H groups in total. The first-order chi connectivity index (χ1) is 10.6. The van der Waals surface area contributed by atoms with E-state index in [2.05, 4.69) is 13.8 Å². The summed E-state index contributed by atoms with van der Waals surface area (Å²) in [6, 6.07) is 0. The largest absolute Gasteiger partial charge is 0.380 e. The van der Waals surface area contributed by atoms with Crippen LogP contribution in [0.2, 0.25) is 0 Å². The van der Waals surface area contributed by atoms with Crippen LogP contribution in [-0.4, -0.2) is 64.6 Å². The van der Waals surface area contributed by atoms with Crippen molar-refractivity contribution in [2.75, 3.05) is 46.2 Å². The van der Waals surface area contributed by atoms with Crippen LogP contribution < -0.4 is 0 Å². The van der Waals surface area contributed by atoms with E-state index in [1.165, 1.54) is 0 Å². The van der Waals surface area contributed by atoms with Gasteiger partial charge in [-0.15, -0.1) is 0 Å². The molecule has 0 spiro atoms. The molecule has 126 valence electrons. The quantitative estimate of drug-likeness (QED) is 0.715. The Morgan fingerprint density at radius 2 is 1.64 bits per heavy atom. The summed E-state index contributed by atoms with van der Waals surface area (Å²) in [5.41, 5.74) is 0.444. The van der Waals surface area contributed by atoms with Crippen LogP contribution in [0.5, 0.6) is 0 Å². The van der Waals surface area contributed by atoms with Gasteiger partial charge in [0.05, 0.1) is 64.6 Å². The summed E-state index contributed by atoms with van der Waals surface area (Å²) in [7, 11) is 0. The van der Waals surface area contributed by atoms with E-state index in [0.29, 0.717) is 12.0 Å². The van der Waals surface area contributed by atoms with E-state index in [-0.39, 0.29) is 23.0 Å². The third-order valence-electron chi connectivity index (χ3n) is 5.47. The predicted molar refractivity (Wildman–Crippen MR) is 79.8 cm³/mol. The molecule has 2 bridgehead atoms. The van der Waals surface area contributed by atoms with Gasteiger partial charge in [-0.3, -0.25) is 0 Å². The molecule has 4 fully saturated rings. The highest BCUT2D eigenvalue weighted by Gasteiger charge is 2.49. The molecule has 4 rings (SSSR count). The van der Waals surface area contributed by atoms with E-state index in [1.807, 2.05) is 0 Å². The fraction of sp³-hybridized carbons (Fsp3) is 1.00. The summed E-state index contributed by atoms with van der Waals surface area (Å²) in [5.74, 6) is 0.485. The number of hydrogen-bond donors (Lipinski definition) is 0. The van der Waals surface area contributed by atoms with Gasteiger partial charge in [-0.2, -0.15) is 0 Å². The number of hydrogen-bond acceptors (Lipinski definition) is 5. The fourth-order valence-electron chi connectivity index (χ4n) is 3.96. The molecule has 4 unspecified atom stereocenters. The maximum atomic E-state index is 6.17. The van der Waals surface area contributed by atoms with Gasteiger partial charge in [0.1, 0.15) is 0 Å². The minimum atomic E-state index is 0.215. The minimum Gasteiger partial charge on any atom is -0.380 e. The third-order valence-corrected chi connectivity index (χ3v) is 5.47. The lowest BCUT2D eigenvalue weighted by Gasteiger charge is -2.39. The molecule has 4 aliphatic rings. The van der Waals surface area contributed by atoms with Gasteiger partial charge in [0.15, 0.2) is 0 Å². The zero-order valence-electron chi connectivity index (χ0n) is 13.7. The first kappa shape index (κ1) is 15.3. The van der Waals surface area contributed by atoms with Crippen molar-refractivity contribution in [3.8, 4) is 0 Å². The van der Waals surface area contributed by atoms with Gasteiger partial charge in [0, 0.05) is 23.2 Å². The molecule has 4 saturated heterocycles. The average molecular weight is 312 g/mol. The Balaban J connectivity index is 1.22. The normalized spacial score (nSPS) is 41.2. The monoisotopic (exact) mass is 312 g/mol. The highest BCUT2D eigenvalue weighted by Crippen LogP contribution is 2.42. The van der Waals surface area contributed by atoms with Gasteiger partial charge >= 0.3 is 0 Å². The molecule has 0 saturated carbocycles. The summed E-state index contributed by atoms with van der Waals surface area (Å²) in [5, 5.41) is 0. The van der Waals surface area contributed by atoms with Crippen LogP contribution in [0.25, 0.3) is 0 Å². The van der Waals surface area contributed by atoms with Crippen LogP contribution in [0, 0.1) is 16.7 Å². The van der Waals surface area contributed by atoms with Crippen LogP contribution in [0.4, 0.5) is 0 Å². The average Bonchev–Trinajstić information content (AvgIpc) is 3.01. The molecule has 0 radical (unpaired) electrons. The second-order valence-corrected chi connectivity index (χ2v) is 8.43. The van der Waals surface area contributed by atoms with Crippen LogP contribution in [0.15, 0.2) is 0 Å². The summed E-state index contributed by atoms with van der Waals surface area (Å²) in [6.07, 6.45) is 3.01. The minimum absolute atomic E-state index is 0.215. The summed E-state index contributed by atoms with van der Waals surface area (Å²) < 4.78 is 28.8. The number of fused-ring (bicyclic) bond motifs is 2. The molecular formula is C17H28O5. The zero-order chi connectivity index (χ0) is 15.2. The maximum absolute atomic E-state index is 6.17. The van der Waals surface area contributed by atoms with Crippen LogP contribution in [0.3, 0.4) is 0 Å². The Kier molecular flexibility index (Phi) is 3.98. The highest BCUT2D eigenvalue weighted by atomic mass is 16.6. The van der Waals surface area contributed by atoms with Crippen LogP contribution in [0.1, 0.15) is 26.7 Å². The first-order valence-electron chi connectivity index (χ1n) is 8.56. The Bertz CT molecular complexity index is 402. The van der Waals surface area contributed by atoms with Gasteiger partial charge in [-0.05, 0) is 6.42 Å². The molecule has 0 amide bonds. The van der Waals surface area contributed by atoms with Crippen molar-refractivity contribution >= 4 is 0 Å². The van der Waals surface area contributed by atoms with Crippen molar-refractivity contribution in [2.24, 2.45) is 16.7 Å². The smallest absolute Gasteiger partial charge is 0.0892 e. The Hall–Kier alpha value is -0.200.